The maximum atomic E-state index is 9.35. The Hall–Kier alpha value is -1.03. The van der Waals surface area contributed by atoms with Gasteiger partial charge in [-0.05, 0) is 37.1 Å². The molecule has 0 unspecified atom stereocenters. The molecule has 84 valence electrons. The second-order valence-corrected chi connectivity index (χ2v) is 5.07. The van der Waals surface area contributed by atoms with E-state index < -0.39 is 5.54 Å². The number of fused-ring (bicyclic) bond motifs is 1. The number of aliphatic hydroxyl groups is 1. The second-order valence-electron chi connectivity index (χ2n) is 4.63. The molecule has 4 N–H and O–H groups in total. The maximum absolute atomic E-state index is 9.35. The molecule has 16 heavy (non-hydrogen) atoms. The van der Waals surface area contributed by atoms with Crippen LogP contribution in [0.15, 0.2) is 24.3 Å². The highest BCUT2D eigenvalue weighted by Gasteiger charge is 2.42. The lowest BCUT2D eigenvalue weighted by Crippen LogP contribution is -2.51. The number of halogens is 1. The van der Waals surface area contributed by atoms with Gasteiger partial charge in [0.1, 0.15) is 0 Å². The van der Waals surface area contributed by atoms with Crippen LogP contribution in [0.1, 0.15) is 18.5 Å². The smallest absolute Gasteiger partial charge is 0.0611 e. The number of hydrogen-bond acceptors (Lipinski definition) is 2. The molecule has 0 amide bonds. The maximum Gasteiger partial charge on any atom is 0.0611 e. The highest BCUT2D eigenvalue weighted by atomic mass is 35.5. The number of nitrogens with one attached hydrogen (secondary N) is 1. The molecule has 3 rings (SSSR count). The van der Waals surface area contributed by atoms with Gasteiger partial charge in [-0.3, -0.25) is 0 Å². The Kier molecular flexibility index (Phi) is 2.05. The van der Waals surface area contributed by atoms with E-state index in [1.54, 1.807) is 0 Å². The lowest BCUT2D eigenvalue weighted by Gasteiger charge is -2.41. The molecule has 1 aromatic heterocycles. The molecule has 1 aromatic carbocycles. The van der Waals surface area contributed by atoms with Crippen LogP contribution in [-0.2, 0) is 5.54 Å². The number of aromatic amines is 1. The van der Waals surface area contributed by atoms with Crippen LogP contribution in [0.2, 0.25) is 5.02 Å². The van der Waals surface area contributed by atoms with Crippen molar-refractivity contribution in [1.82, 2.24) is 4.98 Å². The first-order valence-corrected chi connectivity index (χ1v) is 5.70. The molecule has 2 aromatic rings. The van der Waals surface area contributed by atoms with Crippen molar-refractivity contribution in [3.63, 3.8) is 0 Å². The number of hydrogen-bond donors (Lipinski definition) is 3. The molecule has 1 fully saturated rings. The summed E-state index contributed by atoms with van der Waals surface area (Å²) in [5.41, 5.74) is 7.81. The van der Waals surface area contributed by atoms with Gasteiger partial charge < -0.3 is 15.8 Å². The summed E-state index contributed by atoms with van der Waals surface area (Å²) < 4.78 is 0. The first kappa shape index (κ1) is 10.1. The minimum absolute atomic E-state index is 0.264. The van der Waals surface area contributed by atoms with Crippen molar-refractivity contribution in [1.29, 1.82) is 0 Å². The van der Waals surface area contributed by atoms with Crippen LogP contribution in [-0.4, -0.2) is 16.2 Å². The summed E-state index contributed by atoms with van der Waals surface area (Å²) in [6, 6.07) is 7.73. The van der Waals surface area contributed by atoms with Gasteiger partial charge in [0.25, 0.3) is 0 Å². The average Bonchev–Trinajstić information content (AvgIpc) is 2.58. The van der Waals surface area contributed by atoms with Crippen LogP contribution in [0.5, 0.6) is 0 Å². The standard InChI is InChI=1S/C12H13ClN2O/c13-8-1-2-10-7(3-8)4-11(15-10)12(14)5-9(16)6-12/h1-4,9,15-16H,5-6,14H2. The Balaban J connectivity index is 2.06. The lowest BCUT2D eigenvalue weighted by molar-refractivity contribution is 0.0192. The Morgan fingerprint density at radius 2 is 2.12 bits per heavy atom. The molecule has 0 radical (unpaired) electrons. The summed E-state index contributed by atoms with van der Waals surface area (Å²) in [5, 5.41) is 11.1. The SMILES string of the molecule is NC1(c2cc3cc(Cl)ccc3[nH]2)CC(O)C1. The van der Waals surface area contributed by atoms with Crippen molar-refractivity contribution in [3.05, 3.63) is 35.0 Å². The molecule has 0 atom stereocenters. The molecule has 1 aliphatic rings. The number of H-pyrrole nitrogens is 1. The molecule has 1 saturated carbocycles. The number of benzene rings is 1. The monoisotopic (exact) mass is 236 g/mol. The highest BCUT2D eigenvalue weighted by Crippen LogP contribution is 2.39. The van der Waals surface area contributed by atoms with Crippen LogP contribution < -0.4 is 5.73 Å². The summed E-state index contributed by atoms with van der Waals surface area (Å²) in [7, 11) is 0. The van der Waals surface area contributed by atoms with Gasteiger partial charge in [0.05, 0.1) is 11.6 Å². The highest BCUT2D eigenvalue weighted by molar-refractivity contribution is 6.31. The third-order valence-corrected chi connectivity index (χ3v) is 3.55. The second kappa shape index (κ2) is 3.23. The molecule has 0 saturated heterocycles. The Bertz CT molecular complexity index is 543. The molecular weight excluding hydrogens is 224 g/mol. The Morgan fingerprint density at radius 3 is 2.81 bits per heavy atom. The van der Waals surface area contributed by atoms with E-state index in [1.165, 1.54) is 0 Å². The third-order valence-electron chi connectivity index (χ3n) is 3.32. The molecule has 0 spiro atoms. The molecule has 3 nitrogen and oxygen atoms in total. The zero-order chi connectivity index (χ0) is 11.3. The fourth-order valence-corrected chi connectivity index (χ4v) is 2.55. The zero-order valence-corrected chi connectivity index (χ0v) is 9.46. The molecule has 1 aliphatic carbocycles. The fraction of sp³-hybridized carbons (Fsp3) is 0.333. The number of rotatable bonds is 1. The van der Waals surface area contributed by atoms with Crippen molar-refractivity contribution >= 4 is 22.5 Å². The van der Waals surface area contributed by atoms with Gasteiger partial charge >= 0.3 is 0 Å². The number of nitrogens with two attached hydrogens (primary N) is 1. The number of aromatic nitrogens is 1. The van der Waals surface area contributed by atoms with Gasteiger partial charge in [-0.1, -0.05) is 11.6 Å². The summed E-state index contributed by atoms with van der Waals surface area (Å²) >= 11 is 5.93. The number of aliphatic hydroxyl groups excluding tert-OH is 1. The normalized spacial score (nSPS) is 29.3. The van der Waals surface area contributed by atoms with Crippen molar-refractivity contribution < 1.29 is 5.11 Å². The van der Waals surface area contributed by atoms with Crippen molar-refractivity contribution in [2.24, 2.45) is 5.73 Å². The van der Waals surface area contributed by atoms with Crippen molar-refractivity contribution in [3.8, 4) is 0 Å². The van der Waals surface area contributed by atoms with Crippen LogP contribution in [0, 0.1) is 0 Å². The van der Waals surface area contributed by atoms with E-state index in [0.29, 0.717) is 12.8 Å². The van der Waals surface area contributed by atoms with Gasteiger partial charge in [0.15, 0.2) is 0 Å². The molecule has 0 aliphatic heterocycles. The largest absolute Gasteiger partial charge is 0.393 e. The minimum atomic E-state index is -0.398. The van der Waals surface area contributed by atoms with E-state index in [-0.39, 0.29) is 6.10 Å². The van der Waals surface area contributed by atoms with Crippen LogP contribution in [0.25, 0.3) is 10.9 Å². The van der Waals surface area contributed by atoms with Crippen molar-refractivity contribution in [2.45, 2.75) is 24.5 Å². The van der Waals surface area contributed by atoms with E-state index in [9.17, 15) is 5.11 Å². The Morgan fingerprint density at radius 1 is 1.38 bits per heavy atom. The van der Waals surface area contributed by atoms with Gasteiger partial charge in [0, 0.05) is 21.6 Å². The predicted molar refractivity (Wildman–Crippen MR) is 64.4 cm³/mol. The average molecular weight is 237 g/mol. The molecule has 0 bridgehead atoms. The first-order chi connectivity index (χ1) is 7.57. The summed E-state index contributed by atoms with van der Waals surface area (Å²) in [5.74, 6) is 0. The topological polar surface area (TPSA) is 62.0 Å². The van der Waals surface area contributed by atoms with E-state index in [0.717, 1.165) is 21.6 Å². The van der Waals surface area contributed by atoms with Gasteiger partial charge in [-0.25, -0.2) is 0 Å². The zero-order valence-electron chi connectivity index (χ0n) is 8.70. The quantitative estimate of drug-likeness (QED) is 0.710. The van der Waals surface area contributed by atoms with Gasteiger partial charge in [-0.15, -0.1) is 0 Å². The van der Waals surface area contributed by atoms with E-state index in [4.69, 9.17) is 17.3 Å². The van der Waals surface area contributed by atoms with Gasteiger partial charge in [0.2, 0.25) is 0 Å². The predicted octanol–water partition coefficient (Wildman–Crippen LogP) is 2.13. The van der Waals surface area contributed by atoms with Crippen molar-refractivity contribution in [2.75, 3.05) is 0 Å². The first-order valence-electron chi connectivity index (χ1n) is 5.32. The minimum Gasteiger partial charge on any atom is -0.393 e. The molecular formula is C12H13ClN2O. The van der Waals surface area contributed by atoms with Crippen LogP contribution in [0.4, 0.5) is 0 Å². The van der Waals surface area contributed by atoms with Gasteiger partial charge in [-0.2, -0.15) is 0 Å². The lowest BCUT2D eigenvalue weighted by atomic mass is 9.73. The van der Waals surface area contributed by atoms with Crippen LogP contribution >= 0.6 is 11.6 Å². The summed E-state index contributed by atoms with van der Waals surface area (Å²) in [6.07, 6.45) is 0.973. The fourth-order valence-electron chi connectivity index (χ4n) is 2.37. The third kappa shape index (κ3) is 1.44. The van der Waals surface area contributed by atoms with Crippen LogP contribution in [0.3, 0.4) is 0 Å². The molecule has 1 heterocycles. The summed E-state index contributed by atoms with van der Waals surface area (Å²) in [4.78, 5) is 3.29. The van der Waals surface area contributed by atoms with E-state index in [2.05, 4.69) is 4.98 Å². The molecule has 4 heteroatoms. The van der Waals surface area contributed by atoms with E-state index in [1.807, 2.05) is 24.3 Å². The Labute approximate surface area is 98.2 Å². The summed E-state index contributed by atoms with van der Waals surface area (Å²) in [6.45, 7) is 0. The van der Waals surface area contributed by atoms with E-state index >= 15 is 0 Å².